The standard InChI is InChI=1S/C43H28N2O/c1-3-11-31(12-4-1)43-44-40-25-22-30-19-21-35-28-38(23-24-39(35)41(30)42(40)46-43)45(36-15-5-2-6-16-36)37-17-9-14-33(27-37)34-20-18-29-10-7-8-13-32(29)26-34/h1-28H. The van der Waals surface area contributed by atoms with Crippen LogP contribution in [0.15, 0.2) is 174 Å². The van der Waals surface area contributed by atoms with Gasteiger partial charge in [-0.25, -0.2) is 4.98 Å². The third kappa shape index (κ3) is 4.49. The molecule has 0 saturated heterocycles. The molecule has 0 radical (unpaired) electrons. The Morgan fingerprint density at radius 2 is 1.07 bits per heavy atom. The molecule has 0 atom stereocenters. The highest BCUT2D eigenvalue weighted by atomic mass is 16.3. The van der Waals surface area contributed by atoms with Crippen molar-refractivity contribution in [3.8, 4) is 22.6 Å². The van der Waals surface area contributed by atoms with E-state index in [9.17, 15) is 0 Å². The van der Waals surface area contributed by atoms with Gasteiger partial charge in [0.25, 0.3) is 0 Å². The molecule has 0 unspecified atom stereocenters. The quantitative estimate of drug-likeness (QED) is 0.187. The van der Waals surface area contributed by atoms with Gasteiger partial charge in [-0.3, -0.25) is 0 Å². The number of oxazole rings is 1. The van der Waals surface area contributed by atoms with E-state index < -0.39 is 0 Å². The van der Waals surface area contributed by atoms with E-state index in [2.05, 4.69) is 138 Å². The van der Waals surface area contributed by atoms with E-state index in [1.165, 1.54) is 21.9 Å². The average Bonchev–Trinajstić information content (AvgIpc) is 3.57. The molecular weight excluding hydrogens is 560 g/mol. The van der Waals surface area contributed by atoms with Crippen LogP contribution >= 0.6 is 0 Å². The van der Waals surface area contributed by atoms with E-state index in [0.717, 1.165) is 55.3 Å². The number of anilines is 3. The summed E-state index contributed by atoms with van der Waals surface area (Å²) < 4.78 is 6.45. The Bertz CT molecular complexity index is 2530. The summed E-state index contributed by atoms with van der Waals surface area (Å²) in [5.41, 5.74) is 8.31. The molecule has 0 saturated carbocycles. The number of benzene rings is 8. The van der Waals surface area contributed by atoms with E-state index in [-0.39, 0.29) is 0 Å². The number of hydrogen-bond donors (Lipinski definition) is 0. The molecule has 1 aromatic heterocycles. The fourth-order valence-corrected chi connectivity index (χ4v) is 6.58. The lowest BCUT2D eigenvalue weighted by Crippen LogP contribution is -2.09. The Morgan fingerprint density at radius 3 is 1.93 bits per heavy atom. The van der Waals surface area contributed by atoms with Crippen LogP contribution in [0.1, 0.15) is 0 Å². The second-order valence-corrected chi connectivity index (χ2v) is 11.7. The molecule has 8 aromatic carbocycles. The van der Waals surface area contributed by atoms with Gasteiger partial charge < -0.3 is 9.32 Å². The smallest absolute Gasteiger partial charge is 0.227 e. The van der Waals surface area contributed by atoms with Crippen LogP contribution in [0, 0.1) is 0 Å². The second kappa shape index (κ2) is 10.8. The van der Waals surface area contributed by atoms with Crippen LogP contribution in [0.25, 0.3) is 66.0 Å². The molecule has 3 nitrogen and oxygen atoms in total. The van der Waals surface area contributed by atoms with Crippen LogP contribution in [-0.2, 0) is 0 Å². The van der Waals surface area contributed by atoms with E-state index in [1.54, 1.807) is 0 Å². The monoisotopic (exact) mass is 588 g/mol. The molecule has 46 heavy (non-hydrogen) atoms. The lowest BCUT2D eigenvalue weighted by molar-refractivity contribution is 0.623. The zero-order valence-electron chi connectivity index (χ0n) is 25.0. The highest BCUT2D eigenvalue weighted by Gasteiger charge is 2.17. The summed E-state index contributed by atoms with van der Waals surface area (Å²) in [5.74, 6) is 0.637. The Kier molecular flexibility index (Phi) is 6.14. The van der Waals surface area contributed by atoms with Crippen molar-refractivity contribution in [1.29, 1.82) is 0 Å². The summed E-state index contributed by atoms with van der Waals surface area (Å²) in [5, 5.41) is 6.98. The zero-order chi connectivity index (χ0) is 30.5. The highest BCUT2D eigenvalue weighted by Crippen LogP contribution is 2.40. The van der Waals surface area contributed by atoms with Crippen molar-refractivity contribution in [1.82, 2.24) is 4.98 Å². The first kappa shape index (κ1) is 26.2. The molecule has 0 bridgehead atoms. The SMILES string of the molecule is c1ccc(-c2nc3ccc4ccc5cc(N(c6ccccc6)c6cccc(-c7ccc8ccccc8c7)c6)ccc5c4c3o2)cc1. The number of rotatable bonds is 5. The predicted molar refractivity (Wildman–Crippen MR) is 192 cm³/mol. The molecule has 0 spiro atoms. The number of hydrogen-bond acceptors (Lipinski definition) is 3. The number of fused-ring (bicyclic) bond motifs is 6. The molecule has 216 valence electrons. The van der Waals surface area contributed by atoms with Crippen LogP contribution in [0.4, 0.5) is 17.1 Å². The highest BCUT2D eigenvalue weighted by molar-refractivity contribution is 6.18. The first-order chi connectivity index (χ1) is 22.8. The molecule has 0 N–H and O–H groups in total. The largest absolute Gasteiger partial charge is 0.435 e. The van der Waals surface area contributed by atoms with Crippen LogP contribution in [-0.4, -0.2) is 4.98 Å². The molecule has 1 heterocycles. The summed E-state index contributed by atoms with van der Waals surface area (Å²) in [6.45, 7) is 0. The minimum absolute atomic E-state index is 0.637. The van der Waals surface area contributed by atoms with Crippen molar-refractivity contribution in [2.45, 2.75) is 0 Å². The lowest BCUT2D eigenvalue weighted by atomic mass is 9.99. The van der Waals surface area contributed by atoms with Gasteiger partial charge >= 0.3 is 0 Å². The third-order valence-corrected chi connectivity index (χ3v) is 8.82. The number of nitrogens with zero attached hydrogens (tertiary/aromatic N) is 2. The minimum Gasteiger partial charge on any atom is -0.435 e. The van der Waals surface area contributed by atoms with Crippen molar-refractivity contribution in [2.24, 2.45) is 0 Å². The van der Waals surface area contributed by atoms with Gasteiger partial charge in [-0.1, -0.05) is 109 Å². The number of aromatic nitrogens is 1. The molecule has 9 rings (SSSR count). The normalized spacial score (nSPS) is 11.5. The third-order valence-electron chi connectivity index (χ3n) is 8.82. The Labute approximate surface area is 266 Å². The first-order valence-corrected chi connectivity index (χ1v) is 15.5. The molecule has 0 aliphatic carbocycles. The molecule has 0 aliphatic rings. The maximum atomic E-state index is 6.45. The summed E-state index contributed by atoms with van der Waals surface area (Å²) >= 11 is 0. The van der Waals surface area contributed by atoms with Gasteiger partial charge in [0.1, 0.15) is 5.52 Å². The molecule has 9 aromatic rings. The maximum absolute atomic E-state index is 6.45. The van der Waals surface area contributed by atoms with Crippen molar-refractivity contribution >= 4 is 60.5 Å². The zero-order valence-corrected chi connectivity index (χ0v) is 25.0. The summed E-state index contributed by atoms with van der Waals surface area (Å²) in [6, 6.07) is 59.9. The molecular formula is C43H28N2O. The lowest BCUT2D eigenvalue weighted by Gasteiger charge is -2.26. The van der Waals surface area contributed by atoms with E-state index in [4.69, 9.17) is 9.40 Å². The van der Waals surface area contributed by atoms with Crippen molar-refractivity contribution in [2.75, 3.05) is 4.90 Å². The Hall–Kier alpha value is -6.19. The average molecular weight is 589 g/mol. The van der Waals surface area contributed by atoms with Gasteiger partial charge in [-0.15, -0.1) is 0 Å². The minimum atomic E-state index is 0.637. The van der Waals surface area contributed by atoms with Crippen molar-refractivity contribution in [3.05, 3.63) is 170 Å². The molecule has 3 heteroatoms. The summed E-state index contributed by atoms with van der Waals surface area (Å²) in [7, 11) is 0. The van der Waals surface area contributed by atoms with Gasteiger partial charge in [0, 0.05) is 28.0 Å². The van der Waals surface area contributed by atoms with E-state index in [0.29, 0.717) is 5.89 Å². The van der Waals surface area contributed by atoms with E-state index in [1.807, 2.05) is 36.4 Å². The van der Waals surface area contributed by atoms with Gasteiger partial charge in [-0.05, 0) is 98.7 Å². The van der Waals surface area contributed by atoms with Crippen LogP contribution in [0.5, 0.6) is 0 Å². The molecule has 0 fully saturated rings. The topological polar surface area (TPSA) is 29.3 Å². The Morgan fingerprint density at radius 1 is 0.413 bits per heavy atom. The molecule has 0 amide bonds. The fraction of sp³-hybridized carbons (Fsp3) is 0. The van der Waals surface area contributed by atoms with Gasteiger partial charge in [0.2, 0.25) is 5.89 Å². The van der Waals surface area contributed by atoms with Crippen LogP contribution in [0.3, 0.4) is 0 Å². The summed E-state index contributed by atoms with van der Waals surface area (Å²) in [4.78, 5) is 7.17. The van der Waals surface area contributed by atoms with Gasteiger partial charge in [0.15, 0.2) is 5.58 Å². The summed E-state index contributed by atoms with van der Waals surface area (Å²) in [6.07, 6.45) is 0. The predicted octanol–water partition coefficient (Wildman–Crippen LogP) is 12.1. The van der Waals surface area contributed by atoms with Crippen molar-refractivity contribution in [3.63, 3.8) is 0 Å². The van der Waals surface area contributed by atoms with E-state index >= 15 is 0 Å². The van der Waals surface area contributed by atoms with Crippen molar-refractivity contribution < 1.29 is 4.42 Å². The van der Waals surface area contributed by atoms with Crippen LogP contribution < -0.4 is 4.90 Å². The molecule has 0 aliphatic heterocycles. The van der Waals surface area contributed by atoms with Gasteiger partial charge in [0.05, 0.1) is 0 Å². The van der Waals surface area contributed by atoms with Gasteiger partial charge in [-0.2, -0.15) is 0 Å². The number of para-hydroxylation sites is 1. The Balaban J connectivity index is 1.19. The van der Waals surface area contributed by atoms with Crippen LogP contribution in [0.2, 0.25) is 0 Å². The first-order valence-electron chi connectivity index (χ1n) is 15.5. The maximum Gasteiger partial charge on any atom is 0.227 e. The fourth-order valence-electron chi connectivity index (χ4n) is 6.58. The second-order valence-electron chi connectivity index (χ2n) is 11.7.